The number of benzene rings is 1. The van der Waals surface area contributed by atoms with Crippen LogP contribution in [0.5, 0.6) is 5.75 Å². The van der Waals surface area contributed by atoms with Crippen LogP contribution in [0.15, 0.2) is 48.1 Å². The van der Waals surface area contributed by atoms with E-state index in [1.165, 1.54) is 12.1 Å². The van der Waals surface area contributed by atoms with Gasteiger partial charge in [-0.15, -0.1) is 0 Å². The normalized spacial score (nSPS) is 17.6. The van der Waals surface area contributed by atoms with Gasteiger partial charge in [-0.25, -0.2) is 4.39 Å². The molecular weight excluding hydrogens is 261 g/mol. The molecule has 0 heterocycles. The van der Waals surface area contributed by atoms with Crippen molar-refractivity contribution >= 4 is 5.97 Å². The van der Waals surface area contributed by atoms with Gasteiger partial charge in [0.25, 0.3) is 0 Å². The molecule has 1 aliphatic rings. The fourth-order valence-electron chi connectivity index (χ4n) is 1.87. The predicted octanol–water partition coefficient (Wildman–Crippen LogP) is 2.13. The van der Waals surface area contributed by atoms with Gasteiger partial charge in [0.05, 0.1) is 6.54 Å². The first-order chi connectivity index (χ1) is 9.63. The van der Waals surface area contributed by atoms with Crippen LogP contribution in [0, 0.1) is 5.82 Å². The minimum Gasteiger partial charge on any atom is -0.486 e. The van der Waals surface area contributed by atoms with Crippen LogP contribution in [0.1, 0.15) is 6.42 Å². The topological polar surface area (TPSA) is 58.6 Å². The SMILES string of the molecule is O=C(O)CNCC1=CCC(Oc2ccc(F)cc2)C=C1. The Morgan fingerprint density at radius 2 is 2.15 bits per heavy atom. The van der Waals surface area contributed by atoms with Gasteiger partial charge in [-0.3, -0.25) is 4.79 Å². The monoisotopic (exact) mass is 277 g/mol. The fourth-order valence-corrected chi connectivity index (χ4v) is 1.87. The highest BCUT2D eigenvalue weighted by atomic mass is 19.1. The molecule has 0 amide bonds. The number of aliphatic carboxylic acids is 1. The van der Waals surface area contributed by atoms with Crippen LogP contribution in [-0.2, 0) is 4.79 Å². The molecule has 1 aromatic carbocycles. The molecular formula is C15H16FNO3. The summed E-state index contributed by atoms with van der Waals surface area (Å²) in [4.78, 5) is 10.4. The summed E-state index contributed by atoms with van der Waals surface area (Å²) in [5.74, 6) is -0.534. The highest BCUT2D eigenvalue weighted by molar-refractivity contribution is 5.69. The first-order valence-corrected chi connectivity index (χ1v) is 6.35. The Morgan fingerprint density at radius 3 is 2.75 bits per heavy atom. The minimum absolute atomic E-state index is 0.0549. The van der Waals surface area contributed by atoms with Crippen LogP contribution in [0.25, 0.3) is 0 Å². The van der Waals surface area contributed by atoms with Crippen molar-refractivity contribution in [1.29, 1.82) is 0 Å². The van der Waals surface area contributed by atoms with Gasteiger partial charge in [0.15, 0.2) is 0 Å². The van der Waals surface area contributed by atoms with E-state index < -0.39 is 5.97 Å². The lowest BCUT2D eigenvalue weighted by atomic mass is 10.0. The average Bonchev–Trinajstić information content (AvgIpc) is 2.43. The summed E-state index contributed by atoms with van der Waals surface area (Å²) >= 11 is 0. The number of hydrogen-bond acceptors (Lipinski definition) is 3. The number of hydrogen-bond donors (Lipinski definition) is 2. The van der Waals surface area contributed by atoms with Gasteiger partial charge in [-0.2, -0.15) is 0 Å². The number of carbonyl (C=O) groups is 1. The van der Waals surface area contributed by atoms with Crippen molar-refractivity contribution in [2.24, 2.45) is 0 Å². The summed E-state index contributed by atoms with van der Waals surface area (Å²) in [6.07, 6.45) is 6.46. The first-order valence-electron chi connectivity index (χ1n) is 6.35. The number of nitrogens with one attached hydrogen (secondary N) is 1. The molecule has 5 heteroatoms. The standard InChI is InChI=1S/C15H16FNO3/c16-12-3-7-14(8-4-12)20-13-5-1-11(2-6-13)9-17-10-15(18)19/h1-5,7-8,13,17H,6,9-10H2,(H,18,19). The molecule has 0 bridgehead atoms. The molecule has 1 aromatic rings. The van der Waals surface area contributed by atoms with E-state index in [1.54, 1.807) is 12.1 Å². The van der Waals surface area contributed by atoms with Crippen LogP contribution >= 0.6 is 0 Å². The number of carboxylic acids is 1. The third-order valence-corrected chi connectivity index (χ3v) is 2.84. The van der Waals surface area contributed by atoms with Crippen LogP contribution in [-0.4, -0.2) is 30.3 Å². The lowest BCUT2D eigenvalue weighted by Crippen LogP contribution is -2.25. The highest BCUT2D eigenvalue weighted by Gasteiger charge is 2.10. The Kier molecular flexibility index (Phi) is 4.90. The van der Waals surface area contributed by atoms with Gasteiger partial charge in [-0.1, -0.05) is 12.2 Å². The molecule has 20 heavy (non-hydrogen) atoms. The summed E-state index contributed by atoms with van der Waals surface area (Å²) in [5, 5.41) is 11.3. The summed E-state index contributed by atoms with van der Waals surface area (Å²) in [5.41, 5.74) is 1.03. The Balaban J connectivity index is 1.79. The van der Waals surface area contributed by atoms with E-state index in [0.29, 0.717) is 18.7 Å². The molecule has 1 aliphatic carbocycles. The molecule has 106 valence electrons. The number of ether oxygens (including phenoxy) is 1. The molecule has 1 unspecified atom stereocenters. The second-order valence-corrected chi connectivity index (χ2v) is 4.48. The van der Waals surface area contributed by atoms with Gasteiger partial charge in [0.1, 0.15) is 17.7 Å². The first kappa shape index (κ1) is 14.3. The van der Waals surface area contributed by atoms with E-state index >= 15 is 0 Å². The Bertz CT molecular complexity index is 522. The van der Waals surface area contributed by atoms with Gasteiger partial charge in [0.2, 0.25) is 0 Å². The molecule has 2 N–H and O–H groups in total. The Morgan fingerprint density at radius 1 is 1.40 bits per heavy atom. The number of halogens is 1. The number of rotatable bonds is 6. The van der Waals surface area contributed by atoms with E-state index in [1.807, 2.05) is 18.2 Å². The predicted molar refractivity (Wildman–Crippen MR) is 73.2 cm³/mol. The average molecular weight is 277 g/mol. The zero-order valence-electron chi connectivity index (χ0n) is 10.9. The van der Waals surface area contributed by atoms with E-state index in [2.05, 4.69) is 5.32 Å². The highest BCUT2D eigenvalue weighted by Crippen LogP contribution is 2.18. The third-order valence-electron chi connectivity index (χ3n) is 2.84. The largest absolute Gasteiger partial charge is 0.486 e. The molecule has 0 spiro atoms. The van der Waals surface area contributed by atoms with E-state index in [0.717, 1.165) is 5.57 Å². The molecule has 4 nitrogen and oxygen atoms in total. The lowest BCUT2D eigenvalue weighted by molar-refractivity contribution is -0.135. The molecule has 0 fully saturated rings. The zero-order valence-corrected chi connectivity index (χ0v) is 10.9. The van der Waals surface area contributed by atoms with E-state index in [4.69, 9.17) is 9.84 Å². The molecule has 0 saturated carbocycles. The zero-order chi connectivity index (χ0) is 14.4. The molecule has 0 saturated heterocycles. The maximum absolute atomic E-state index is 12.8. The molecule has 1 atom stereocenters. The maximum Gasteiger partial charge on any atom is 0.317 e. The second-order valence-electron chi connectivity index (χ2n) is 4.48. The summed E-state index contributed by atoms with van der Waals surface area (Å²) in [6.45, 7) is 0.465. The number of carboxylic acid groups (broad SMARTS) is 1. The van der Waals surface area contributed by atoms with Crippen molar-refractivity contribution in [1.82, 2.24) is 5.32 Å². The third kappa shape index (κ3) is 4.51. The van der Waals surface area contributed by atoms with Gasteiger partial charge in [0, 0.05) is 13.0 Å². The summed E-state index contributed by atoms with van der Waals surface area (Å²) < 4.78 is 18.5. The van der Waals surface area contributed by atoms with Gasteiger partial charge in [-0.05, 0) is 35.9 Å². The second kappa shape index (κ2) is 6.86. The van der Waals surface area contributed by atoms with Crippen molar-refractivity contribution in [3.05, 3.63) is 53.9 Å². The molecule has 2 rings (SSSR count). The van der Waals surface area contributed by atoms with Gasteiger partial charge < -0.3 is 15.2 Å². The van der Waals surface area contributed by atoms with Gasteiger partial charge >= 0.3 is 5.97 Å². The maximum atomic E-state index is 12.8. The van der Waals surface area contributed by atoms with E-state index in [9.17, 15) is 9.18 Å². The fraction of sp³-hybridized carbons (Fsp3) is 0.267. The quantitative estimate of drug-likeness (QED) is 0.836. The van der Waals surface area contributed by atoms with E-state index in [-0.39, 0.29) is 18.5 Å². The molecule has 0 radical (unpaired) electrons. The van der Waals surface area contributed by atoms with Crippen molar-refractivity contribution < 1.29 is 19.0 Å². The van der Waals surface area contributed by atoms with Crippen LogP contribution in [0.4, 0.5) is 4.39 Å². The summed E-state index contributed by atoms with van der Waals surface area (Å²) in [6, 6.07) is 5.91. The molecule has 0 aliphatic heterocycles. The van der Waals surface area contributed by atoms with Crippen LogP contribution in [0.3, 0.4) is 0 Å². The summed E-state index contributed by atoms with van der Waals surface area (Å²) in [7, 11) is 0. The van der Waals surface area contributed by atoms with Crippen LogP contribution in [0.2, 0.25) is 0 Å². The van der Waals surface area contributed by atoms with Crippen molar-refractivity contribution in [2.45, 2.75) is 12.5 Å². The minimum atomic E-state index is -0.872. The van der Waals surface area contributed by atoms with Crippen molar-refractivity contribution in [2.75, 3.05) is 13.1 Å². The van der Waals surface area contributed by atoms with Crippen molar-refractivity contribution in [3.63, 3.8) is 0 Å². The molecule has 0 aromatic heterocycles. The lowest BCUT2D eigenvalue weighted by Gasteiger charge is -2.18. The Labute approximate surface area is 116 Å². The smallest absolute Gasteiger partial charge is 0.317 e. The van der Waals surface area contributed by atoms with Crippen molar-refractivity contribution in [3.8, 4) is 5.75 Å². The van der Waals surface area contributed by atoms with Crippen LogP contribution < -0.4 is 10.1 Å². The Hall–Kier alpha value is -2.14.